The van der Waals surface area contributed by atoms with Crippen molar-refractivity contribution < 1.29 is 9.47 Å². The summed E-state index contributed by atoms with van der Waals surface area (Å²) in [6.07, 6.45) is 2.38. The molecule has 0 amide bonds. The summed E-state index contributed by atoms with van der Waals surface area (Å²) in [5.41, 5.74) is 0. The van der Waals surface area contributed by atoms with E-state index in [4.69, 9.17) is 9.47 Å². The maximum absolute atomic E-state index is 5.23. The van der Waals surface area contributed by atoms with E-state index in [-0.39, 0.29) is 0 Å². The van der Waals surface area contributed by atoms with E-state index in [2.05, 4.69) is 6.92 Å². The normalized spacial score (nSPS) is 33.0. The highest BCUT2D eigenvalue weighted by Gasteiger charge is 2.29. The third-order valence-electron chi connectivity index (χ3n) is 1.43. The van der Waals surface area contributed by atoms with Crippen LogP contribution in [0.5, 0.6) is 0 Å². The lowest BCUT2D eigenvalue weighted by Crippen LogP contribution is -2.24. The molecule has 0 bridgehead atoms. The molecule has 1 aliphatic heterocycles. The molecule has 2 nitrogen and oxygen atoms in total. The predicted molar refractivity (Wildman–Crippen MR) is 34.3 cm³/mol. The quantitative estimate of drug-likeness (QED) is 0.535. The van der Waals surface area contributed by atoms with Gasteiger partial charge in [-0.15, -0.1) is 0 Å². The fourth-order valence-electron chi connectivity index (χ4n) is 0.671. The Bertz CT molecular complexity index is 140. The molecule has 0 spiro atoms. The van der Waals surface area contributed by atoms with E-state index in [0.29, 0.717) is 5.76 Å². The molecule has 0 saturated heterocycles. The van der Waals surface area contributed by atoms with E-state index in [1.165, 1.54) is 0 Å². The summed E-state index contributed by atoms with van der Waals surface area (Å²) >= 11 is 0. The van der Waals surface area contributed by atoms with Gasteiger partial charge in [-0.05, 0) is 0 Å². The Kier molecular flexibility index (Phi) is 1.39. The molecule has 1 unspecified atom stereocenters. The van der Waals surface area contributed by atoms with Crippen molar-refractivity contribution >= 4 is 0 Å². The van der Waals surface area contributed by atoms with Crippen molar-refractivity contribution in [2.75, 3.05) is 0 Å². The van der Waals surface area contributed by atoms with Crippen molar-refractivity contribution in [1.82, 2.24) is 0 Å². The van der Waals surface area contributed by atoms with Crippen molar-refractivity contribution in [1.29, 1.82) is 0 Å². The first-order valence-corrected chi connectivity index (χ1v) is 3.05. The molecule has 0 aromatic rings. The molecule has 9 heavy (non-hydrogen) atoms. The predicted octanol–water partition coefficient (Wildman–Crippen LogP) is 1.83. The van der Waals surface area contributed by atoms with Crippen molar-refractivity contribution in [3.8, 4) is 0 Å². The Morgan fingerprint density at radius 3 is 2.67 bits per heavy atom. The molecule has 0 N–H and O–H groups in total. The minimum atomic E-state index is -0.447. The molecule has 2 heteroatoms. The Morgan fingerprint density at radius 1 is 1.78 bits per heavy atom. The second-order valence-corrected chi connectivity index (χ2v) is 2.29. The molecule has 0 fully saturated rings. The van der Waals surface area contributed by atoms with Gasteiger partial charge in [-0.1, -0.05) is 6.92 Å². The van der Waals surface area contributed by atoms with E-state index in [9.17, 15) is 0 Å². The lowest BCUT2D eigenvalue weighted by Gasteiger charge is -2.21. The van der Waals surface area contributed by atoms with Crippen LogP contribution in [0.3, 0.4) is 0 Å². The molecule has 0 aliphatic carbocycles. The lowest BCUT2D eigenvalue weighted by atomic mass is 10.2. The van der Waals surface area contributed by atoms with Crippen LogP contribution in [-0.2, 0) is 9.47 Å². The minimum Gasteiger partial charge on any atom is -0.457 e. The van der Waals surface area contributed by atoms with Crippen molar-refractivity contribution in [2.24, 2.45) is 0 Å². The smallest absolute Gasteiger partial charge is 0.247 e. The molecule has 1 heterocycles. The largest absolute Gasteiger partial charge is 0.457 e. The van der Waals surface area contributed by atoms with Crippen molar-refractivity contribution in [2.45, 2.75) is 26.1 Å². The standard InChI is InChI=1S/C7H11O2/c1-4-7(3)8-5-6(2)9-7/h5H,2,4H2,1,3H3. The molecular weight excluding hydrogens is 116 g/mol. The monoisotopic (exact) mass is 127 g/mol. The molecule has 1 aliphatic rings. The molecule has 0 aromatic carbocycles. The molecule has 0 aromatic heterocycles. The molecule has 1 rings (SSSR count). The summed E-state index contributed by atoms with van der Waals surface area (Å²) in [6, 6.07) is 0. The summed E-state index contributed by atoms with van der Waals surface area (Å²) in [5.74, 6) is 0.163. The van der Waals surface area contributed by atoms with Gasteiger partial charge in [-0.2, -0.15) is 0 Å². The maximum atomic E-state index is 5.23. The van der Waals surface area contributed by atoms with Crippen LogP contribution in [0.25, 0.3) is 0 Å². The van der Waals surface area contributed by atoms with Crippen LogP contribution in [0.2, 0.25) is 0 Å². The Morgan fingerprint density at radius 2 is 2.44 bits per heavy atom. The fraction of sp³-hybridized carbons (Fsp3) is 0.571. The second kappa shape index (κ2) is 1.94. The zero-order chi connectivity index (χ0) is 6.91. The van der Waals surface area contributed by atoms with E-state index in [0.717, 1.165) is 6.42 Å². The van der Waals surface area contributed by atoms with Crippen LogP contribution in [-0.4, -0.2) is 5.79 Å². The lowest BCUT2D eigenvalue weighted by molar-refractivity contribution is -0.132. The van der Waals surface area contributed by atoms with Gasteiger partial charge in [0.05, 0.1) is 0 Å². The average Bonchev–Trinajstić information content (AvgIpc) is 2.13. The van der Waals surface area contributed by atoms with E-state index in [1.54, 1.807) is 6.26 Å². The van der Waals surface area contributed by atoms with Crippen molar-refractivity contribution in [3.63, 3.8) is 0 Å². The molecule has 1 radical (unpaired) electrons. The van der Waals surface area contributed by atoms with Gasteiger partial charge in [0.1, 0.15) is 12.0 Å². The maximum Gasteiger partial charge on any atom is 0.247 e. The summed E-state index contributed by atoms with van der Waals surface area (Å²) < 4.78 is 10.4. The number of ether oxygens (including phenoxy) is 2. The highest BCUT2D eigenvalue weighted by molar-refractivity contribution is 4.98. The summed E-state index contributed by atoms with van der Waals surface area (Å²) in [6.45, 7) is 7.49. The minimum absolute atomic E-state index is 0.447. The van der Waals surface area contributed by atoms with Gasteiger partial charge >= 0.3 is 0 Å². The van der Waals surface area contributed by atoms with Gasteiger partial charge in [0.25, 0.3) is 0 Å². The zero-order valence-corrected chi connectivity index (χ0v) is 5.81. The molecule has 0 saturated carbocycles. The van der Waals surface area contributed by atoms with Gasteiger partial charge < -0.3 is 9.47 Å². The van der Waals surface area contributed by atoms with Gasteiger partial charge in [0, 0.05) is 20.3 Å². The van der Waals surface area contributed by atoms with Crippen LogP contribution in [0, 0.1) is 6.92 Å². The van der Waals surface area contributed by atoms with Crippen LogP contribution < -0.4 is 0 Å². The second-order valence-electron chi connectivity index (χ2n) is 2.29. The number of hydrogen-bond donors (Lipinski definition) is 0. The highest BCUT2D eigenvalue weighted by atomic mass is 16.7. The molecule has 1 atom stereocenters. The fourth-order valence-corrected chi connectivity index (χ4v) is 0.671. The summed E-state index contributed by atoms with van der Waals surface area (Å²) in [7, 11) is 0. The third-order valence-corrected chi connectivity index (χ3v) is 1.43. The Balaban J connectivity index is 2.53. The molecular formula is C7H11O2. The average molecular weight is 127 g/mol. The van der Waals surface area contributed by atoms with E-state index < -0.39 is 5.79 Å². The van der Waals surface area contributed by atoms with E-state index in [1.807, 2.05) is 13.8 Å². The Hall–Kier alpha value is -0.660. The molecule has 51 valence electrons. The number of hydrogen-bond acceptors (Lipinski definition) is 2. The van der Waals surface area contributed by atoms with Crippen LogP contribution in [0.4, 0.5) is 0 Å². The number of rotatable bonds is 1. The van der Waals surface area contributed by atoms with Crippen LogP contribution >= 0.6 is 0 Å². The van der Waals surface area contributed by atoms with Crippen molar-refractivity contribution in [3.05, 3.63) is 18.9 Å². The van der Waals surface area contributed by atoms with Gasteiger partial charge in [-0.25, -0.2) is 0 Å². The first-order chi connectivity index (χ1) is 4.16. The highest BCUT2D eigenvalue weighted by Crippen LogP contribution is 2.26. The summed E-state index contributed by atoms with van der Waals surface area (Å²) in [5, 5.41) is 0. The topological polar surface area (TPSA) is 18.5 Å². The van der Waals surface area contributed by atoms with Gasteiger partial charge in [0.2, 0.25) is 5.79 Å². The third kappa shape index (κ3) is 1.18. The van der Waals surface area contributed by atoms with Crippen LogP contribution in [0.1, 0.15) is 20.3 Å². The summed E-state index contributed by atoms with van der Waals surface area (Å²) in [4.78, 5) is 0. The zero-order valence-electron chi connectivity index (χ0n) is 5.81. The van der Waals surface area contributed by atoms with Gasteiger partial charge in [-0.3, -0.25) is 0 Å². The van der Waals surface area contributed by atoms with E-state index >= 15 is 0 Å². The first kappa shape index (κ1) is 6.46. The Labute approximate surface area is 55.5 Å². The van der Waals surface area contributed by atoms with Gasteiger partial charge in [0.15, 0.2) is 0 Å². The first-order valence-electron chi connectivity index (χ1n) is 3.05. The SMILES string of the molecule is [CH2]C1=COC(C)(CC)O1. The number of allylic oxidation sites excluding steroid dienone is 1. The van der Waals surface area contributed by atoms with Crippen LogP contribution in [0.15, 0.2) is 12.0 Å².